The predicted molar refractivity (Wildman–Crippen MR) is 90.3 cm³/mol. The molecule has 0 unspecified atom stereocenters. The second-order valence-corrected chi connectivity index (χ2v) is 5.68. The van der Waals surface area contributed by atoms with Crippen molar-refractivity contribution in [3.05, 3.63) is 59.4 Å². The second kappa shape index (κ2) is 6.69. The number of ether oxygens (including phenoxy) is 1. The SMILES string of the molecule is COc1cccc(NC(N)=NCc2cc(C3CC3)ccc2F)c1. The average Bonchev–Trinajstić information content (AvgIpc) is 3.39. The van der Waals surface area contributed by atoms with Crippen LogP contribution in [0, 0.1) is 5.82 Å². The number of anilines is 1. The summed E-state index contributed by atoms with van der Waals surface area (Å²) in [6.45, 7) is 0.217. The molecular weight excluding hydrogens is 293 g/mol. The molecule has 1 aliphatic carbocycles. The molecule has 2 aromatic rings. The molecule has 0 aromatic heterocycles. The van der Waals surface area contributed by atoms with Crippen LogP contribution in [-0.2, 0) is 6.54 Å². The Morgan fingerprint density at radius 3 is 2.87 bits per heavy atom. The molecule has 5 heteroatoms. The monoisotopic (exact) mass is 313 g/mol. The molecule has 3 rings (SSSR count). The van der Waals surface area contributed by atoms with Crippen LogP contribution in [0.1, 0.15) is 29.9 Å². The van der Waals surface area contributed by atoms with Gasteiger partial charge in [-0.05, 0) is 42.5 Å². The Hall–Kier alpha value is -2.56. The van der Waals surface area contributed by atoms with Crippen LogP contribution in [0.25, 0.3) is 0 Å². The number of nitrogens with one attached hydrogen (secondary N) is 1. The fourth-order valence-electron chi connectivity index (χ4n) is 2.45. The quantitative estimate of drug-likeness (QED) is 0.654. The largest absolute Gasteiger partial charge is 0.497 e. The van der Waals surface area contributed by atoms with E-state index < -0.39 is 0 Å². The molecule has 120 valence electrons. The third-order valence-corrected chi connectivity index (χ3v) is 3.88. The van der Waals surface area contributed by atoms with Gasteiger partial charge >= 0.3 is 0 Å². The van der Waals surface area contributed by atoms with E-state index in [-0.39, 0.29) is 18.3 Å². The Balaban J connectivity index is 1.68. The fourth-order valence-corrected chi connectivity index (χ4v) is 2.45. The number of aliphatic imine (C=N–C) groups is 1. The van der Waals surface area contributed by atoms with E-state index in [0.29, 0.717) is 11.5 Å². The summed E-state index contributed by atoms with van der Waals surface area (Å²) in [6.07, 6.45) is 2.38. The van der Waals surface area contributed by atoms with E-state index >= 15 is 0 Å². The summed E-state index contributed by atoms with van der Waals surface area (Å²) in [5.74, 6) is 1.32. The van der Waals surface area contributed by atoms with Crippen LogP contribution in [0.5, 0.6) is 5.75 Å². The minimum Gasteiger partial charge on any atom is -0.497 e. The molecule has 4 nitrogen and oxygen atoms in total. The highest BCUT2D eigenvalue weighted by Gasteiger charge is 2.24. The van der Waals surface area contributed by atoms with Crippen molar-refractivity contribution in [2.75, 3.05) is 12.4 Å². The summed E-state index contributed by atoms with van der Waals surface area (Å²) in [6, 6.07) is 12.7. The van der Waals surface area contributed by atoms with Crippen LogP contribution >= 0.6 is 0 Å². The summed E-state index contributed by atoms with van der Waals surface area (Å²) >= 11 is 0. The molecule has 0 saturated heterocycles. The van der Waals surface area contributed by atoms with Gasteiger partial charge < -0.3 is 15.8 Å². The van der Waals surface area contributed by atoms with E-state index in [1.807, 2.05) is 36.4 Å². The normalized spacial score (nSPS) is 14.6. The molecule has 0 heterocycles. The standard InChI is InChI=1S/C18H20FN3O/c1-23-16-4-2-3-15(10-16)22-18(20)21-11-14-9-13(12-5-6-12)7-8-17(14)19/h2-4,7-10,12H,5-6,11H2,1H3,(H3,20,21,22). The lowest BCUT2D eigenvalue weighted by molar-refractivity contribution is 0.415. The van der Waals surface area contributed by atoms with Crippen molar-refractivity contribution < 1.29 is 9.13 Å². The lowest BCUT2D eigenvalue weighted by Gasteiger charge is -2.08. The van der Waals surface area contributed by atoms with Crippen molar-refractivity contribution in [1.29, 1.82) is 0 Å². The first-order valence-corrected chi connectivity index (χ1v) is 7.65. The molecule has 0 atom stereocenters. The smallest absolute Gasteiger partial charge is 0.193 e. The molecule has 3 N–H and O–H groups in total. The number of halogens is 1. The van der Waals surface area contributed by atoms with Gasteiger partial charge in [0.2, 0.25) is 0 Å². The van der Waals surface area contributed by atoms with Crippen LogP contribution in [0.4, 0.5) is 10.1 Å². The Morgan fingerprint density at radius 1 is 1.30 bits per heavy atom. The molecule has 0 amide bonds. The summed E-state index contributed by atoms with van der Waals surface area (Å²) in [4.78, 5) is 4.23. The van der Waals surface area contributed by atoms with Gasteiger partial charge in [-0.15, -0.1) is 0 Å². The second-order valence-electron chi connectivity index (χ2n) is 5.68. The summed E-state index contributed by atoms with van der Waals surface area (Å²) in [7, 11) is 1.60. The number of hydrogen-bond acceptors (Lipinski definition) is 2. The number of guanidine groups is 1. The topological polar surface area (TPSA) is 59.6 Å². The number of rotatable bonds is 5. The molecule has 1 fully saturated rings. The first kappa shape index (κ1) is 15.3. The third kappa shape index (κ3) is 4.00. The molecule has 1 aliphatic rings. The highest BCUT2D eigenvalue weighted by molar-refractivity contribution is 5.92. The maximum absolute atomic E-state index is 13.9. The van der Waals surface area contributed by atoms with Gasteiger partial charge in [0.15, 0.2) is 5.96 Å². The molecule has 0 spiro atoms. The molecule has 2 aromatic carbocycles. The summed E-state index contributed by atoms with van der Waals surface area (Å²) in [5, 5.41) is 2.98. The van der Waals surface area contributed by atoms with E-state index in [1.165, 1.54) is 24.5 Å². The van der Waals surface area contributed by atoms with Crippen molar-refractivity contribution in [3.63, 3.8) is 0 Å². The molecule has 0 radical (unpaired) electrons. The molecule has 0 aliphatic heterocycles. The van der Waals surface area contributed by atoms with E-state index in [0.717, 1.165) is 11.4 Å². The van der Waals surface area contributed by atoms with Gasteiger partial charge in [-0.1, -0.05) is 18.2 Å². The lowest BCUT2D eigenvalue weighted by Crippen LogP contribution is -2.22. The summed E-state index contributed by atoms with van der Waals surface area (Å²) in [5.41, 5.74) is 8.42. The van der Waals surface area contributed by atoms with Crippen LogP contribution in [-0.4, -0.2) is 13.1 Å². The number of nitrogens with zero attached hydrogens (tertiary/aromatic N) is 1. The minimum absolute atomic E-state index is 0.217. The van der Waals surface area contributed by atoms with Crippen LogP contribution < -0.4 is 15.8 Å². The van der Waals surface area contributed by atoms with Crippen molar-refractivity contribution in [2.45, 2.75) is 25.3 Å². The minimum atomic E-state index is -0.243. The van der Waals surface area contributed by atoms with Crippen LogP contribution in [0.3, 0.4) is 0 Å². The Morgan fingerprint density at radius 2 is 2.13 bits per heavy atom. The van der Waals surface area contributed by atoms with E-state index in [9.17, 15) is 4.39 Å². The maximum Gasteiger partial charge on any atom is 0.193 e. The zero-order valence-corrected chi connectivity index (χ0v) is 13.1. The van der Waals surface area contributed by atoms with Gasteiger partial charge in [0.1, 0.15) is 11.6 Å². The van der Waals surface area contributed by atoms with E-state index in [4.69, 9.17) is 10.5 Å². The van der Waals surface area contributed by atoms with Crippen molar-refractivity contribution >= 4 is 11.6 Å². The van der Waals surface area contributed by atoms with Crippen molar-refractivity contribution in [1.82, 2.24) is 0 Å². The van der Waals surface area contributed by atoms with Crippen LogP contribution in [0.2, 0.25) is 0 Å². The number of methoxy groups -OCH3 is 1. The van der Waals surface area contributed by atoms with Gasteiger partial charge in [-0.2, -0.15) is 0 Å². The van der Waals surface area contributed by atoms with E-state index in [1.54, 1.807) is 7.11 Å². The van der Waals surface area contributed by atoms with Crippen LogP contribution in [0.15, 0.2) is 47.5 Å². The first-order valence-electron chi connectivity index (χ1n) is 7.65. The Bertz CT molecular complexity index is 726. The van der Waals surface area contributed by atoms with Gasteiger partial charge in [0, 0.05) is 17.3 Å². The number of nitrogens with two attached hydrogens (primary N) is 1. The first-order chi connectivity index (χ1) is 11.2. The number of benzene rings is 2. The number of hydrogen-bond donors (Lipinski definition) is 2. The van der Waals surface area contributed by atoms with Crippen molar-refractivity contribution in [3.8, 4) is 5.75 Å². The Labute approximate surface area is 135 Å². The van der Waals surface area contributed by atoms with E-state index in [2.05, 4.69) is 10.3 Å². The summed E-state index contributed by atoms with van der Waals surface area (Å²) < 4.78 is 19.0. The maximum atomic E-state index is 13.9. The zero-order chi connectivity index (χ0) is 16.2. The molecular formula is C18H20FN3O. The van der Waals surface area contributed by atoms with Gasteiger partial charge in [-0.25, -0.2) is 9.38 Å². The van der Waals surface area contributed by atoms with Crippen molar-refractivity contribution in [2.24, 2.45) is 10.7 Å². The predicted octanol–water partition coefficient (Wildman–Crippen LogP) is 3.64. The highest BCUT2D eigenvalue weighted by atomic mass is 19.1. The molecule has 0 bridgehead atoms. The highest BCUT2D eigenvalue weighted by Crippen LogP contribution is 2.40. The molecule has 23 heavy (non-hydrogen) atoms. The van der Waals surface area contributed by atoms with Gasteiger partial charge in [-0.3, -0.25) is 0 Å². The third-order valence-electron chi connectivity index (χ3n) is 3.88. The Kier molecular flexibility index (Phi) is 4.46. The molecule has 1 saturated carbocycles. The van der Waals surface area contributed by atoms with Gasteiger partial charge in [0.25, 0.3) is 0 Å². The van der Waals surface area contributed by atoms with Gasteiger partial charge in [0.05, 0.1) is 13.7 Å². The zero-order valence-electron chi connectivity index (χ0n) is 13.1. The fraction of sp³-hybridized carbons (Fsp3) is 0.278. The average molecular weight is 313 g/mol. The lowest BCUT2D eigenvalue weighted by atomic mass is 10.1.